The first-order chi connectivity index (χ1) is 14.8. The molecule has 0 spiro atoms. The molecule has 0 aliphatic carbocycles. The maximum atomic E-state index is 10.6. The van der Waals surface area contributed by atoms with Crippen molar-refractivity contribution in [3.63, 3.8) is 0 Å². The maximum absolute atomic E-state index is 10.6. The molecule has 3 heterocycles. The van der Waals surface area contributed by atoms with Crippen LogP contribution in [0.15, 0.2) is 30.9 Å². The van der Waals surface area contributed by atoms with Crippen LogP contribution in [-0.2, 0) is 20.8 Å². The molecular formula is C21H26F3NO6. The van der Waals surface area contributed by atoms with Gasteiger partial charge in [-0.2, -0.15) is 13.2 Å². The standard InChI is InChI=1S/C19H25NO4.C2HF3O2/c1-2-9-21-12-15-4-5-16-17(24-15)7-8-20(16)11-14-3-6-18-19(10-14)23-13-22-18;3-2(4,5)1(6)7/h2-3,6,10,15-17H,1,4-5,7-9,11-13H2;(H,6,7)/t15-,16-,17-;/m0./s1. The van der Waals surface area contributed by atoms with E-state index in [-0.39, 0.29) is 6.10 Å². The number of alkyl halides is 3. The average molecular weight is 445 g/mol. The Morgan fingerprint density at radius 3 is 2.71 bits per heavy atom. The molecule has 0 aromatic heterocycles. The molecule has 0 saturated carbocycles. The zero-order chi connectivity index (χ0) is 22.4. The number of nitrogens with zero attached hydrogens (tertiary/aromatic N) is 1. The summed E-state index contributed by atoms with van der Waals surface area (Å²) in [4.78, 5) is 11.4. The second-order valence-electron chi connectivity index (χ2n) is 7.52. The van der Waals surface area contributed by atoms with Crippen LogP contribution >= 0.6 is 0 Å². The maximum Gasteiger partial charge on any atom is 0.490 e. The minimum Gasteiger partial charge on any atom is -0.475 e. The first-order valence-corrected chi connectivity index (χ1v) is 10.0. The van der Waals surface area contributed by atoms with Crippen molar-refractivity contribution in [2.45, 2.75) is 50.2 Å². The van der Waals surface area contributed by atoms with Crippen molar-refractivity contribution in [2.75, 3.05) is 26.6 Å². The molecule has 10 heteroatoms. The molecular weight excluding hydrogens is 419 g/mol. The van der Waals surface area contributed by atoms with Crippen molar-refractivity contribution in [1.29, 1.82) is 0 Å². The average Bonchev–Trinajstić information content (AvgIpc) is 3.34. The van der Waals surface area contributed by atoms with Crippen molar-refractivity contribution in [3.8, 4) is 11.5 Å². The fraction of sp³-hybridized carbons (Fsp3) is 0.571. The van der Waals surface area contributed by atoms with E-state index in [1.54, 1.807) is 6.08 Å². The first-order valence-electron chi connectivity index (χ1n) is 10.0. The summed E-state index contributed by atoms with van der Waals surface area (Å²) in [7, 11) is 0. The van der Waals surface area contributed by atoms with E-state index in [9.17, 15) is 13.2 Å². The van der Waals surface area contributed by atoms with E-state index in [0.29, 0.717) is 32.2 Å². The fourth-order valence-corrected chi connectivity index (χ4v) is 3.96. The third-order valence-electron chi connectivity index (χ3n) is 5.36. The van der Waals surface area contributed by atoms with Gasteiger partial charge in [-0.3, -0.25) is 4.90 Å². The number of ether oxygens (including phenoxy) is 4. The van der Waals surface area contributed by atoms with Gasteiger partial charge >= 0.3 is 12.1 Å². The summed E-state index contributed by atoms with van der Waals surface area (Å²) in [6.45, 7) is 7.32. The molecule has 0 unspecified atom stereocenters. The molecule has 0 radical (unpaired) electrons. The summed E-state index contributed by atoms with van der Waals surface area (Å²) in [6.07, 6.45) is 0.621. The lowest BCUT2D eigenvalue weighted by Crippen LogP contribution is -2.43. The summed E-state index contributed by atoms with van der Waals surface area (Å²) in [6, 6.07) is 6.77. The van der Waals surface area contributed by atoms with Crippen molar-refractivity contribution < 1.29 is 42.0 Å². The number of hydrogen-bond donors (Lipinski definition) is 1. The van der Waals surface area contributed by atoms with Crippen molar-refractivity contribution >= 4 is 5.97 Å². The van der Waals surface area contributed by atoms with E-state index in [4.69, 9.17) is 28.8 Å². The summed E-state index contributed by atoms with van der Waals surface area (Å²) >= 11 is 0. The fourth-order valence-electron chi connectivity index (χ4n) is 3.96. The Hall–Kier alpha value is -2.30. The van der Waals surface area contributed by atoms with E-state index in [0.717, 1.165) is 37.4 Å². The Bertz CT molecular complexity index is 772. The smallest absolute Gasteiger partial charge is 0.475 e. The highest BCUT2D eigenvalue weighted by molar-refractivity contribution is 5.73. The SMILES string of the molecule is C=CCOC[C@@H]1CC[C@H]2[C@H](CCN2Cc2ccc3c(c2)OCO3)O1.O=C(O)C(F)(F)F. The Balaban J connectivity index is 0.000000339. The molecule has 1 aromatic rings. The van der Waals surface area contributed by atoms with Gasteiger partial charge in [0.05, 0.1) is 25.4 Å². The van der Waals surface area contributed by atoms with Gasteiger partial charge in [0.1, 0.15) is 0 Å². The highest BCUT2D eigenvalue weighted by atomic mass is 19.4. The molecule has 3 atom stereocenters. The quantitative estimate of drug-likeness (QED) is 0.531. The first kappa shape index (κ1) is 23.4. The van der Waals surface area contributed by atoms with Crippen LogP contribution in [0.2, 0.25) is 0 Å². The number of aliphatic carboxylic acids is 1. The van der Waals surface area contributed by atoms with Gasteiger partial charge in [-0.05, 0) is 37.0 Å². The van der Waals surface area contributed by atoms with Crippen LogP contribution in [0.4, 0.5) is 13.2 Å². The number of rotatable bonds is 6. The number of carboxylic acids is 1. The number of benzene rings is 1. The third kappa shape index (κ3) is 6.34. The monoisotopic (exact) mass is 445 g/mol. The molecule has 1 N–H and O–H groups in total. The van der Waals surface area contributed by atoms with Crippen LogP contribution in [0.3, 0.4) is 0 Å². The lowest BCUT2D eigenvalue weighted by atomic mass is 9.99. The van der Waals surface area contributed by atoms with E-state index >= 15 is 0 Å². The number of likely N-dealkylation sites (tertiary alicyclic amines) is 1. The molecule has 2 saturated heterocycles. The summed E-state index contributed by atoms with van der Waals surface area (Å²) < 4.78 is 54.4. The Labute approximate surface area is 178 Å². The van der Waals surface area contributed by atoms with Crippen molar-refractivity contribution in [3.05, 3.63) is 36.4 Å². The van der Waals surface area contributed by atoms with Crippen LogP contribution in [0.1, 0.15) is 24.8 Å². The van der Waals surface area contributed by atoms with Gasteiger partial charge < -0.3 is 24.1 Å². The van der Waals surface area contributed by atoms with Gasteiger partial charge in [-0.15, -0.1) is 6.58 Å². The number of hydrogen-bond acceptors (Lipinski definition) is 6. The van der Waals surface area contributed by atoms with Gasteiger partial charge in [0, 0.05) is 19.1 Å². The predicted octanol–water partition coefficient (Wildman–Crippen LogP) is 3.37. The van der Waals surface area contributed by atoms with Crippen LogP contribution < -0.4 is 9.47 Å². The topological polar surface area (TPSA) is 77.5 Å². The van der Waals surface area contributed by atoms with Crippen molar-refractivity contribution in [1.82, 2.24) is 4.90 Å². The predicted molar refractivity (Wildman–Crippen MR) is 104 cm³/mol. The molecule has 3 aliphatic rings. The van der Waals surface area contributed by atoms with Gasteiger partial charge in [0.25, 0.3) is 0 Å². The minimum absolute atomic E-state index is 0.233. The van der Waals surface area contributed by atoms with Crippen LogP contribution in [-0.4, -0.2) is 67.0 Å². The molecule has 2 fully saturated rings. The summed E-state index contributed by atoms with van der Waals surface area (Å²) in [5.74, 6) is -1.04. The number of fused-ring (bicyclic) bond motifs is 2. The zero-order valence-electron chi connectivity index (χ0n) is 17.0. The third-order valence-corrected chi connectivity index (χ3v) is 5.36. The van der Waals surface area contributed by atoms with E-state index in [2.05, 4.69) is 23.6 Å². The minimum atomic E-state index is -5.08. The molecule has 31 heavy (non-hydrogen) atoms. The van der Waals surface area contributed by atoms with Crippen LogP contribution in [0.25, 0.3) is 0 Å². The van der Waals surface area contributed by atoms with Crippen LogP contribution in [0, 0.1) is 0 Å². The molecule has 3 aliphatic heterocycles. The summed E-state index contributed by atoms with van der Waals surface area (Å²) in [5.41, 5.74) is 1.27. The van der Waals surface area contributed by atoms with Gasteiger partial charge in [-0.25, -0.2) is 4.79 Å². The van der Waals surface area contributed by atoms with Crippen LogP contribution in [0.5, 0.6) is 11.5 Å². The van der Waals surface area contributed by atoms with Gasteiger partial charge in [0.15, 0.2) is 11.5 Å². The largest absolute Gasteiger partial charge is 0.490 e. The lowest BCUT2D eigenvalue weighted by Gasteiger charge is -2.36. The molecule has 1 aromatic carbocycles. The molecule has 172 valence electrons. The highest BCUT2D eigenvalue weighted by Gasteiger charge is 2.40. The van der Waals surface area contributed by atoms with E-state index in [1.807, 2.05) is 6.07 Å². The second-order valence-corrected chi connectivity index (χ2v) is 7.52. The number of halogens is 3. The number of carbonyl (C=O) groups is 1. The van der Waals surface area contributed by atoms with E-state index < -0.39 is 12.1 Å². The highest BCUT2D eigenvalue weighted by Crippen LogP contribution is 2.35. The van der Waals surface area contributed by atoms with E-state index in [1.165, 1.54) is 12.0 Å². The lowest BCUT2D eigenvalue weighted by molar-refractivity contribution is -0.192. The Morgan fingerprint density at radius 2 is 2.00 bits per heavy atom. The van der Waals surface area contributed by atoms with Crippen molar-refractivity contribution in [2.24, 2.45) is 0 Å². The molecule has 7 nitrogen and oxygen atoms in total. The number of carboxylic acid groups (broad SMARTS) is 1. The Kier molecular flexibility index (Phi) is 7.79. The zero-order valence-corrected chi connectivity index (χ0v) is 17.0. The summed E-state index contributed by atoms with van der Waals surface area (Å²) in [5, 5.41) is 7.12. The van der Waals surface area contributed by atoms with Gasteiger partial charge in [-0.1, -0.05) is 12.1 Å². The molecule has 0 bridgehead atoms. The second kappa shape index (κ2) is 10.3. The normalized spacial score (nSPS) is 24.8. The van der Waals surface area contributed by atoms with Gasteiger partial charge in [0.2, 0.25) is 6.79 Å². The molecule has 0 amide bonds. The Morgan fingerprint density at radius 1 is 1.26 bits per heavy atom. The molecule has 4 rings (SSSR count).